The molecule has 1 atom stereocenters. The monoisotopic (exact) mass is 114 g/mol. The molecule has 2 nitrogen and oxygen atoms in total. The first-order chi connectivity index (χ1) is 3.85. The van der Waals surface area contributed by atoms with Crippen LogP contribution in [0.25, 0.3) is 0 Å². The maximum atomic E-state index is 6.88. The van der Waals surface area contributed by atoms with E-state index in [1.54, 1.807) is 0 Å². The first kappa shape index (κ1) is 7.63. The van der Waals surface area contributed by atoms with E-state index in [9.17, 15) is 0 Å². The van der Waals surface area contributed by atoms with Gasteiger partial charge in [0.25, 0.3) is 0 Å². The number of rotatable bonds is 4. The maximum absolute atomic E-state index is 6.88. The van der Waals surface area contributed by atoms with Gasteiger partial charge < -0.3 is 10.7 Å². The van der Waals surface area contributed by atoms with Crippen LogP contribution in [0.1, 0.15) is 19.8 Å². The zero-order chi connectivity index (χ0) is 6.41. The summed E-state index contributed by atoms with van der Waals surface area (Å²) in [5.41, 5.74) is 0. The Labute approximate surface area is 50.8 Å². The number of hydrogen-bond acceptors (Lipinski definition) is 2. The van der Waals surface area contributed by atoms with Gasteiger partial charge in [0.2, 0.25) is 0 Å². The second kappa shape index (κ2) is 4.78. The zero-order valence-electron chi connectivity index (χ0n) is 5.57. The fourth-order valence-electron chi connectivity index (χ4n) is 0.622. The van der Waals surface area contributed by atoms with Crippen LogP contribution in [-0.4, -0.2) is 19.3 Å². The molecule has 0 heterocycles. The highest BCUT2D eigenvalue weighted by Crippen LogP contribution is 1.90. The highest BCUT2D eigenvalue weighted by atomic mass is 14.9. The third-order valence-corrected chi connectivity index (χ3v) is 1.17. The molecule has 0 aliphatic rings. The first-order valence-electron chi connectivity index (χ1n) is 3.03. The van der Waals surface area contributed by atoms with Gasteiger partial charge in [0, 0.05) is 12.3 Å². The Kier molecular flexibility index (Phi) is 4.56. The molecule has 2 N–H and O–H groups in total. The summed E-state index contributed by atoms with van der Waals surface area (Å²) in [5, 5.41) is 9.89. The second-order valence-corrected chi connectivity index (χ2v) is 1.85. The molecule has 0 aliphatic heterocycles. The van der Waals surface area contributed by atoms with Crippen LogP contribution in [0.3, 0.4) is 0 Å². The largest absolute Gasteiger partial charge is 0.312 e. The van der Waals surface area contributed by atoms with Crippen LogP contribution in [0.2, 0.25) is 0 Å². The molecule has 2 heteroatoms. The lowest BCUT2D eigenvalue weighted by molar-refractivity contribution is 0.638. The molecule has 0 aliphatic carbocycles. The summed E-state index contributed by atoms with van der Waals surface area (Å²) in [6, 6.07) is 0.292. The van der Waals surface area contributed by atoms with Gasteiger partial charge in [-0.25, -0.2) is 0 Å². The van der Waals surface area contributed by atoms with E-state index < -0.39 is 0 Å². The van der Waals surface area contributed by atoms with Gasteiger partial charge in [-0.1, -0.05) is 13.3 Å². The van der Waals surface area contributed by atoms with Crippen molar-refractivity contribution in [3.05, 3.63) is 0 Å². The third kappa shape index (κ3) is 2.75. The van der Waals surface area contributed by atoms with Crippen molar-refractivity contribution in [1.29, 1.82) is 5.41 Å². The average Bonchev–Trinajstić information content (AvgIpc) is 1.83. The van der Waals surface area contributed by atoms with Gasteiger partial charge in [0.05, 0.1) is 0 Å². The lowest BCUT2D eigenvalue weighted by atomic mass is 10.2. The van der Waals surface area contributed by atoms with Crippen molar-refractivity contribution in [3.8, 4) is 0 Å². The molecule has 0 amide bonds. The molecule has 0 aromatic rings. The van der Waals surface area contributed by atoms with Gasteiger partial charge in [-0.2, -0.15) is 0 Å². The van der Waals surface area contributed by atoms with Gasteiger partial charge in [0.15, 0.2) is 0 Å². The van der Waals surface area contributed by atoms with Gasteiger partial charge >= 0.3 is 0 Å². The smallest absolute Gasteiger partial charge is 0.0414 e. The van der Waals surface area contributed by atoms with Crippen LogP contribution in [0, 0.1) is 5.41 Å². The molecule has 0 fully saturated rings. The van der Waals surface area contributed by atoms with Gasteiger partial charge in [-0.15, -0.1) is 0 Å². The van der Waals surface area contributed by atoms with E-state index in [4.69, 9.17) is 5.41 Å². The van der Waals surface area contributed by atoms with Crippen LogP contribution < -0.4 is 5.32 Å². The summed E-state index contributed by atoms with van der Waals surface area (Å²) >= 11 is 0. The van der Waals surface area contributed by atoms with Crippen molar-refractivity contribution in [2.24, 2.45) is 0 Å². The second-order valence-electron chi connectivity index (χ2n) is 1.85. The minimum atomic E-state index is 0.292. The molecule has 0 aromatic carbocycles. The van der Waals surface area contributed by atoms with E-state index in [-0.39, 0.29) is 0 Å². The van der Waals surface area contributed by atoms with Crippen molar-refractivity contribution in [1.82, 2.24) is 5.32 Å². The predicted octanol–water partition coefficient (Wildman–Crippen LogP) is 1.02. The minimum Gasteiger partial charge on any atom is -0.312 e. The molecule has 8 heavy (non-hydrogen) atoms. The molecule has 0 radical (unpaired) electrons. The highest BCUT2D eigenvalue weighted by molar-refractivity contribution is 5.60. The summed E-state index contributed by atoms with van der Waals surface area (Å²) in [4.78, 5) is 0. The Bertz CT molecular complexity index is 61.5. The zero-order valence-corrected chi connectivity index (χ0v) is 5.57. The Balaban J connectivity index is 3.21. The summed E-state index contributed by atoms with van der Waals surface area (Å²) in [6.45, 7) is 2.12. The number of hydrogen-bond donors (Lipinski definition) is 2. The van der Waals surface area contributed by atoms with Crippen molar-refractivity contribution in [3.63, 3.8) is 0 Å². The van der Waals surface area contributed by atoms with Crippen molar-refractivity contribution < 1.29 is 0 Å². The van der Waals surface area contributed by atoms with Crippen LogP contribution >= 0.6 is 0 Å². The van der Waals surface area contributed by atoms with Crippen LogP contribution in [0.15, 0.2) is 0 Å². The van der Waals surface area contributed by atoms with Gasteiger partial charge in [-0.05, 0) is 13.5 Å². The van der Waals surface area contributed by atoms with Crippen molar-refractivity contribution in [2.45, 2.75) is 25.8 Å². The molecule has 0 aromatic heterocycles. The van der Waals surface area contributed by atoms with E-state index >= 15 is 0 Å². The maximum Gasteiger partial charge on any atom is 0.0414 e. The summed E-state index contributed by atoms with van der Waals surface area (Å²) in [5.74, 6) is 0. The van der Waals surface area contributed by atoms with Crippen molar-refractivity contribution in [2.75, 3.05) is 7.05 Å². The lowest BCUT2D eigenvalue weighted by Gasteiger charge is -2.05. The molecule has 48 valence electrons. The number of nitrogens with one attached hydrogen (secondary N) is 2. The van der Waals surface area contributed by atoms with E-state index in [0.717, 1.165) is 12.8 Å². The molecule has 0 bridgehead atoms. The predicted molar refractivity (Wildman–Crippen MR) is 36.5 cm³/mol. The van der Waals surface area contributed by atoms with E-state index in [1.807, 2.05) is 7.05 Å². The van der Waals surface area contributed by atoms with Crippen LogP contribution in [-0.2, 0) is 0 Å². The normalized spacial score (nSPS) is 13.2. The van der Waals surface area contributed by atoms with Crippen molar-refractivity contribution >= 4 is 6.21 Å². The minimum absolute atomic E-state index is 0.292. The van der Waals surface area contributed by atoms with Gasteiger partial charge in [0.1, 0.15) is 0 Å². The van der Waals surface area contributed by atoms with Crippen LogP contribution in [0.4, 0.5) is 0 Å². The molecule has 0 saturated heterocycles. The van der Waals surface area contributed by atoms with E-state index in [0.29, 0.717) is 6.04 Å². The highest BCUT2D eigenvalue weighted by Gasteiger charge is 1.95. The quantitative estimate of drug-likeness (QED) is 0.526. The fourth-order valence-corrected chi connectivity index (χ4v) is 0.622. The van der Waals surface area contributed by atoms with E-state index in [2.05, 4.69) is 12.2 Å². The SMILES string of the molecule is CCCC(C=N)NC. The molecular weight excluding hydrogens is 100 g/mol. The molecule has 0 saturated carbocycles. The topological polar surface area (TPSA) is 35.9 Å². The lowest BCUT2D eigenvalue weighted by Crippen LogP contribution is -2.25. The average molecular weight is 114 g/mol. The molecule has 0 rings (SSSR count). The Morgan fingerprint density at radius 3 is 2.50 bits per heavy atom. The van der Waals surface area contributed by atoms with Gasteiger partial charge in [-0.3, -0.25) is 0 Å². The molecular formula is C6H14N2. The summed E-state index contributed by atoms with van der Waals surface area (Å²) < 4.78 is 0. The third-order valence-electron chi connectivity index (χ3n) is 1.17. The first-order valence-corrected chi connectivity index (χ1v) is 3.03. The fraction of sp³-hybridized carbons (Fsp3) is 0.833. The Morgan fingerprint density at radius 1 is 1.75 bits per heavy atom. The van der Waals surface area contributed by atoms with E-state index in [1.165, 1.54) is 6.21 Å². The molecule has 0 spiro atoms. The summed E-state index contributed by atoms with van der Waals surface area (Å²) in [7, 11) is 1.88. The van der Waals surface area contributed by atoms with Crippen LogP contribution in [0.5, 0.6) is 0 Å². The summed E-state index contributed by atoms with van der Waals surface area (Å²) in [6.07, 6.45) is 3.66. The Morgan fingerprint density at radius 2 is 2.38 bits per heavy atom. The standard InChI is InChI=1S/C6H14N2/c1-3-4-6(5-7)8-2/h5-8H,3-4H2,1-2H3. The molecule has 1 unspecified atom stereocenters. The Hall–Kier alpha value is -0.370.